The van der Waals surface area contributed by atoms with Gasteiger partial charge in [0, 0.05) is 53.4 Å². The van der Waals surface area contributed by atoms with Gasteiger partial charge in [-0.3, -0.25) is 14.5 Å². The number of hydrogen-bond donors (Lipinski definition) is 4. The van der Waals surface area contributed by atoms with E-state index in [0.717, 1.165) is 54.7 Å². The second-order valence-electron chi connectivity index (χ2n) is 18.3. The molecular formula is C51H58ClN5O7. The number of ether oxygens (including phenoxy) is 2. The van der Waals surface area contributed by atoms with Crippen LogP contribution in [0.25, 0.3) is 11.1 Å². The van der Waals surface area contributed by atoms with Crippen LogP contribution in [0.1, 0.15) is 112 Å². The lowest BCUT2D eigenvalue weighted by molar-refractivity contribution is -0.144. The van der Waals surface area contributed by atoms with Crippen molar-refractivity contribution in [2.45, 2.75) is 107 Å². The van der Waals surface area contributed by atoms with Crippen LogP contribution in [-0.4, -0.2) is 61.6 Å². The molecule has 4 atom stereocenters. The van der Waals surface area contributed by atoms with Crippen molar-refractivity contribution < 1.29 is 34.1 Å². The summed E-state index contributed by atoms with van der Waals surface area (Å²) >= 11 is 6.31. The predicted molar refractivity (Wildman–Crippen MR) is 246 cm³/mol. The van der Waals surface area contributed by atoms with Gasteiger partial charge in [-0.15, -0.1) is 0 Å². The predicted octanol–water partition coefficient (Wildman–Crippen LogP) is 9.70. The molecule has 2 heterocycles. The molecule has 0 unspecified atom stereocenters. The van der Waals surface area contributed by atoms with Gasteiger partial charge in [0.15, 0.2) is 6.04 Å². The number of fused-ring (bicyclic) bond motifs is 3. The van der Waals surface area contributed by atoms with E-state index in [2.05, 4.69) is 46.7 Å². The number of aryl methyl sites for hydroxylation is 2. The molecule has 3 aliphatic rings. The van der Waals surface area contributed by atoms with Crippen molar-refractivity contribution in [1.29, 1.82) is 0 Å². The molecule has 4 N–H and O–H groups in total. The van der Waals surface area contributed by atoms with Crippen LogP contribution in [0.2, 0.25) is 5.02 Å². The lowest BCUT2D eigenvalue weighted by Gasteiger charge is -2.47. The third-order valence-corrected chi connectivity index (χ3v) is 14.1. The number of amides is 1. The molecule has 13 heteroatoms. The van der Waals surface area contributed by atoms with Gasteiger partial charge >= 0.3 is 11.9 Å². The lowest BCUT2D eigenvalue weighted by atomic mass is 9.59. The molecule has 1 amide bonds. The zero-order valence-corrected chi connectivity index (χ0v) is 37.6. The normalized spacial score (nSPS) is 22.2. The topological polar surface area (TPSA) is 165 Å². The van der Waals surface area contributed by atoms with E-state index in [1.165, 1.54) is 16.7 Å². The molecule has 336 valence electrons. The first kappa shape index (κ1) is 44.7. The van der Waals surface area contributed by atoms with Gasteiger partial charge in [0.2, 0.25) is 5.91 Å². The van der Waals surface area contributed by atoms with Crippen molar-refractivity contribution in [3.63, 3.8) is 0 Å². The number of anilines is 1. The molecule has 0 saturated heterocycles. The number of pyridine rings is 1. The van der Waals surface area contributed by atoms with Crippen LogP contribution in [0.5, 0.6) is 11.5 Å². The molecule has 2 aromatic heterocycles. The van der Waals surface area contributed by atoms with Gasteiger partial charge in [0.25, 0.3) is 0 Å². The zero-order valence-electron chi connectivity index (χ0n) is 36.8. The quantitative estimate of drug-likeness (QED) is 0.0661. The summed E-state index contributed by atoms with van der Waals surface area (Å²) in [5.74, 6) is 0.140. The highest BCUT2D eigenvalue weighted by Gasteiger charge is 2.54. The summed E-state index contributed by atoms with van der Waals surface area (Å²) in [6.45, 7) is 5.35. The van der Waals surface area contributed by atoms with Crippen LogP contribution in [0, 0.1) is 11.8 Å². The summed E-state index contributed by atoms with van der Waals surface area (Å²) in [4.78, 5) is 43.2. The Kier molecular flexibility index (Phi) is 13.3. The maximum atomic E-state index is 13.1. The van der Waals surface area contributed by atoms with E-state index >= 15 is 0 Å². The van der Waals surface area contributed by atoms with Crippen LogP contribution < -0.4 is 20.1 Å². The highest BCUT2D eigenvalue weighted by Crippen LogP contribution is 2.57. The number of hydrogen-bond acceptors (Lipinski definition) is 8. The Morgan fingerprint density at radius 3 is 2.55 bits per heavy atom. The first-order chi connectivity index (χ1) is 30.8. The fraction of sp³-hybridized carbons (Fsp3) is 0.431. The molecule has 3 aromatic carbocycles. The maximum Gasteiger partial charge on any atom is 0.330 e. The molecule has 1 fully saturated rings. The Balaban J connectivity index is 0.948. The molecule has 0 aliphatic heterocycles. The number of carboxylic acids is 2. The molecular weight excluding hydrogens is 830 g/mol. The number of halogens is 1. The summed E-state index contributed by atoms with van der Waals surface area (Å²) in [6.07, 6.45) is 13.1. The highest BCUT2D eigenvalue weighted by atomic mass is 35.5. The van der Waals surface area contributed by atoms with Crippen molar-refractivity contribution >= 4 is 35.1 Å². The number of carbonyl (C=O) groups excluding carboxylic acids is 1. The molecule has 1 spiro atoms. The number of carbonyl (C=O) groups is 3. The van der Waals surface area contributed by atoms with Crippen molar-refractivity contribution in [1.82, 2.24) is 20.1 Å². The fourth-order valence-electron chi connectivity index (χ4n) is 10.6. The van der Waals surface area contributed by atoms with Crippen LogP contribution in [-0.2, 0) is 39.7 Å². The van der Waals surface area contributed by atoms with Gasteiger partial charge in [-0.1, -0.05) is 55.8 Å². The van der Waals surface area contributed by atoms with Gasteiger partial charge in [-0.2, -0.15) is 5.10 Å². The minimum Gasteiger partial charge on any atom is -0.494 e. The molecule has 0 radical (unpaired) electrons. The molecule has 3 aliphatic carbocycles. The molecule has 1 saturated carbocycles. The van der Waals surface area contributed by atoms with E-state index in [0.29, 0.717) is 66.7 Å². The molecule has 0 bridgehead atoms. The van der Waals surface area contributed by atoms with E-state index in [1.54, 1.807) is 41.2 Å². The van der Waals surface area contributed by atoms with Gasteiger partial charge in [-0.05, 0) is 152 Å². The van der Waals surface area contributed by atoms with Crippen molar-refractivity contribution in [2.75, 3.05) is 18.5 Å². The van der Waals surface area contributed by atoms with Gasteiger partial charge in [-0.25, -0.2) is 9.59 Å². The first-order valence-corrected chi connectivity index (χ1v) is 23.0. The second-order valence-corrected chi connectivity index (χ2v) is 18.8. The van der Waals surface area contributed by atoms with Gasteiger partial charge < -0.3 is 30.3 Å². The summed E-state index contributed by atoms with van der Waals surface area (Å²) in [7, 11) is 1.81. The van der Waals surface area contributed by atoms with Crippen molar-refractivity contribution in [3.8, 4) is 22.6 Å². The Bertz CT molecular complexity index is 2500. The van der Waals surface area contributed by atoms with Crippen LogP contribution in [0.4, 0.5) is 5.69 Å². The molecule has 8 rings (SSSR count). The van der Waals surface area contributed by atoms with Gasteiger partial charge in [0.1, 0.15) is 17.0 Å². The SMILES string of the molecule is C[C@@H](COc1ccnc2c1[C@H](C)CCC2)C[C@H]1Cc2ccc(OCCCC(=O)N[C@@H](C(=O)O)c3cccc(-c4cnn(C)c4)c3)cc2C12CCC(Nc1cccc(Cl)c1)(C(=O)O)CC2. The number of nitrogens with one attached hydrogen (secondary N) is 2. The van der Waals surface area contributed by atoms with Crippen LogP contribution in [0.15, 0.2) is 91.4 Å². The number of aliphatic carboxylic acids is 2. The standard InChI is InChI=1S/C51H58ClN5O7/c1-32(31-64-44-17-22-53-43-13-4-8-33(2)46(43)44)24-38-26-35-15-16-41(28-42(35)50(38)18-20-51(21-19-50,49(61)62)56-40-12-6-11-39(52)27-40)63-23-7-14-45(58)55-47(48(59)60)36-10-5-9-34(25-36)37-29-54-57(3)30-37/h5-6,9-12,15-17,22,25,27-30,32-33,38,47,56H,4,7-8,13-14,18-21,23-24,26,31H2,1-3H3,(H,55,58)(H,59,60)(H,61,62)/t32-,33-,38+,47-,50?,51?/m1/s1. The van der Waals surface area contributed by atoms with Crippen molar-refractivity contribution in [3.05, 3.63) is 124 Å². The second kappa shape index (κ2) is 19.1. The number of nitrogens with zero attached hydrogens (tertiary/aromatic N) is 3. The Morgan fingerprint density at radius 1 is 0.984 bits per heavy atom. The number of rotatable bonds is 17. The molecule has 12 nitrogen and oxygen atoms in total. The van der Waals surface area contributed by atoms with Crippen LogP contribution >= 0.6 is 11.6 Å². The van der Waals surface area contributed by atoms with E-state index in [4.69, 9.17) is 21.1 Å². The zero-order chi connectivity index (χ0) is 45.0. The molecule has 5 aromatic rings. The third-order valence-electron chi connectivity index (χ3n) is 13.9. The number of benzene rings is 3. The number of carboxylic acid groups (broad SMARTS) is 2. The smallest absolute Gasteiger partial charge is 0.330 e. The summed E-state index contributed by atoms with van der Waals surface area (Å²) in [5, 5.41) is 31.6. The lowest BCUT2D eigenvalue weighted by Crippen LogP contribution is -2.53. The van der Waals surface area contributed by atoms with Crippen molar-refractivity contribution in [2.24, 2.45) is 18.9 Å². The van der Waals surface area contributed by atoms with Crippen LogP contribution in [0.3, 0.4) is 0 Å². The fourth-order valence-corrected chi connectivity index (χ4v) is 10.8. The first-order valence-electron chi connectivity index (χ1n) is 22.6. The van der Waals surface area contributed by atoms with E-state index in [1.807, 2.05) is 49.8 Å². The van der Waals surface area contributed by atoms with E-state index < -0.39 is 23.5 Å². The molecule has 64 heavy (non-hydrogen) atoms. The Morgan fingerprint density at radius 2 is 1.80 bits per heavy atom. The van der Waals surface area contributed by atoms with E-state index in [-0.39, 0.29) is 36.2 Å². The Hall–Kier alpha value is -5.88. The van der Waals surface area contributed by atoms with E-state index in [9.17, 15) is 24.6 Å². The largest absolute Gasteiger partial charge is 0.494 e. The maximum absolute atomic E-state index is 13.1. The summed E-state index contributed by atoms with van der Waals surface area (Å²) in [5.41, 5.74) is 6.24. The third kappa shape index (κ3) is 9.62. The minimum atomic E-state index is -1.21. The average molecular weight is 889 g/mol. The minimum absolute atomic E-state index is 0.0844. The van der Waals surface area contributed by atoms with Gasteiger partial charge in [0.05, 0.1) is 19.4 Å². The summed E-state index contributed by atoms with van der Waals surface area (Å²) in [6, 6.07) is 21.4. The Labute approximate surface area is 379 Å². The monoisotopic (exact) mass is 887 g/mol. The summed E-state index contributed by atoms with van der Waals surface area (Å²) < 4.78 is 14.6. The average Bonchev–Trinajstić information content (AvgIpc) is 3.84. The number of aromatic nitrogens is 3. The highest BCUT2D eigenvalue weighted by molar-refractivity contribution is 6.30.